The Bertz CT molecular complexity index is 774. The van der Waals surface area contributed by atoms with Crippen LogP contribution in [0, 0.1) is 6.92 Å². The van der Waals surface area contributed by atoms with E-state index in [9.17, 15) is 0 Å². The van der Waals surface area contributed by atoms with E-state index in [0.717, 1.165) is 11.3 Å². The second kappa shape index (κ2) is 13.0. The van der Waals surface area contributed by atoms with Gasteiger partial charge in [0.2, 0.25) is 5.75 Å². The molecule has 0 unspecified atom stereocenters. The number of rotatable bonds is 9. The third-order valence-corrected chi connectivity index (χ3v) is 4.06. The molecule has 0 aliphatic carbocycles. The van der Waals surface area contributed by atoms with Gasteiger partial charge in [-0.25, -0.2) is 0 Å². The van der Waals surface area contributed by atoms with Crippen LogP contribution in [0.5, 0.6) is 23.0 Å². The van der Waals surface area contributed by atoms with Crippen molar-refractivity contribution in [1.29, 1.82) is 0 Å². The smallest absolute Gasteiger partial charge is 0.203 e. The summed E-state index contributed by atoms with van der Waals surface area (Å²) in [5.74, 6) is 3.36. The fourth-order valence-corrected chi connectivity index (χ4v) is 2.69. The van der Waals surface area contributed by atoms with Crippen molar-refractivity contribution in [2.24, 2.45) is 4.99 Å². The monoisotopic (exact) mass is 515 g/mol. The number of benzene rings is 2. The summed E-state index contributed by atoms with van der Waals surface area (Å²) in [6.07, 6.45) is 0. The minimum absolute atomic E-state index is 0. The van der Waals surface area contributed by atoms with Gasteiger partial charge in [-0.1, -0.05) is 12.1 Å². The molecular weight excluding hydrogens is 485 g/mol. The molecule has 160 valence electrons. The fraction of sp³-hybridized carbons (Fsp3) is 0.381. The molecule has 2 rings (SSSR count). The van der Waals surface area contributed by atoms with E-state index in [0.29, 0.717) is 42.9 Å². The highest BCUT2D eigenvalue weighted by Gasteiger charge is 2.13. The first-order chi connectivity index (χ1) is 13.6. The second-order valence-electron chi connectivity index (χ2n) is 6.05. The van der Waals surface area contributed by atoms with Gasteiger partial charge in [0.1, 0.15) is 12.4 Å². The summed E-state index contributed by atoms with van der Waals surface area (Å²) in [5, 5.41) is 6.50. The van der Waals surface area contributed by atoms with Crippen molar-refractivity contribution in [3.63, 3.8) is 0 Å². The van der Waals surface area contributed by atoms with Crippen molar-refractivity contribution in [2.45, 2.75) is 13.5 Å². The highest BCUT2D eigenvalue weighted by atomic mass is 127. The molecule has 2 aromatic carbocycles. The van der Waals surface area contributed by atoms with Crippen LogP contribution in [0.3, 0.4) is 0 Å². The van der Waals surface area contributed by atoms with E-state index in [4.69, 9.17) is 18.9 Å². The number of guanidine groups is 1. The number of aliphatic imine (C=N–C) groups is 1. The predicted octanol–water partition coefficient (Wildman–Crippen LogP) is 3.38. The van der Waals surface area contributed by atoms with Gasteiger partial charge >= 0.3 is 0 Å². The number of hydrogen-bond acceptors (Lipinski definition) is 5. The van der Waals surface area contributed by atoms with Crippen LogP contribution in [0.1, 0.15) is 11.1 Å². The minimum atomic E-state index is 0. The van der Waals surface area contributed by atoms with Gasteiger partial charge in [0.15, 0.2) is 17.5 Å². The molecular formula is C21H30IN3O4. The van der Waals surface area contributed by atoms with Gasteiger partial charge in [-0.15, -0.1) is 24.0 Å². The van der Waals surface area contributed by atoms with Crippen LogP contribution in [-0.4, -0.2) is 47.5 Å². The van der Waals surface area contributed by atoms with Crippen LogP contribution >= 0.6 is 24.0 Å². The van der Waals surface area contributed by atoms with Gasteiger partial charge < -0.3 is 29.6 Å². The number of nitrogens with zero attached hydrogens (tertiary/aromatic N) is 1. The van der Waals surface area contributed by atoms with Crippen molar-refractivity contribution in [3.05, 3.63) is 47.5 Å². The average molecular weight is 515 g/mol. The lowest BCUT2D eigenvalue weighted by Crippen LogP contribution is -2.38. The van der Waals surface area contributed by atoms with Crippen molar-refractivity contribution in [2.75, 3.05) is 41.5 Å². The Morgan fingerprint density at radius 1 is 0.966 bits per heavy atom. The lowest BCUT2D eigenvalue weighted by molar-refractivity contribution is 0.321. The van der Waals surface area contributed by atoms with Crippen LogP contribution < -0.4 is 29.6 Å². The van der Waals surface area contributed by atoms with E-state index in [1.165, 1.54) is 5.56 Å². The quantitative estimate of drug-likeness (QED) is 0.231. The van der Waals surface area contributed by atoms with E-state index in [-0.39, 0.29) is 24.0 Å². The van der Waals surface area contributed by atoms with Gasteiger partial charge in [0.25, 0.3) is 0 Å². The fourth-order valence-electron chi connectivity index (χ4n) is 2.69. The average Bonchev–Trinajstić information content (AvgIpc) is 2.72. The summed E-state index contributed by atoms with van der Waals surface area (Å²) in [6, 6.07) is 11.8. The number of ether oxygens (including phenoxy) is 4. The largest absolute Gasteiger partial charge is 0.493 e. The van der Waals surface area contributed by atoms with Gasteiger partial charge in [-0.05, 0) is 42.3 Å². The van der Waals surface area contributed by atoms with Crippen molar-refractivity contribution in [3.8, 4) is 23.0 Å². The molecule has 0 aliphatic heterocycles. The Hall–Kier alpha value is -2.36. The zero-order valence-corrected chi connectivity index (χ0v) is 19.9. The standard InChI is InChI=1S/C21H29N3O4.HI/c1-15-7-6-8-17(11-15)28-10-9-23-21(22-2)24-14-16-12-18(25-3)20(27-5)19(13-16)26-4;/h6-8,11-13H,9-10,14H2,1-5H3,(H2,22,23,24);1H. The molecule has 0 spiro atoms. The summed E-state index contributed by atoms with van der Waals surface area (Å²) in [5.41, 5.74) is 2.15. The first-order valence-electron chi connectivity index (χ1n) is 9.04. The lowest BCUT2D eigenvalue weighted by atomic mass is 10.2. The van der Waals surface area contributed by atoms with E-state index in [2.05, 4.69) is 15.6 Å². The van der Waals surface area contributed by atoms with E-state index < -0.39 is 0 Å². The van der Waals surface area contributed by atoms with Crippen LogP contribution in [0.25, 0.3) is 0 Å². The lowest BCUT2D eigenvalue weighted by Gasteiger charge is -2.16. The van der Waals surface area contributed by atoms with Crippen LogP contribution in [-0.2, 0) is 6.54 Å². The molecule has 29 heavy (non-hydrogen) atoms. The van der Waals surface area contributed by atoms with E-state index in [1.54, 1.807) is 28.4 Å². The molecule has 0 fully saturated rings. The van der Waals surface area contributed by atoms with Crippen LogP contribution in [0.15, 0.2) is 41.4 Å². The molecule has 0 radical (unpaired) electrons. The van der Waals surface area contributed by atoms with Gasteiger partial charge in [0.05, 0.1) is 27.9 Å². The molecule has 0 saturated heterocycles. The Morgan fingerprint density at radius 2 is 1.66 bits per heavy atom. The molecule has 0 heterocycles. The first kappa shape index (κ1) is 24.7. The van der Waals surface area contributed by atoms with Crippen LogP contribution in [0.2, 0.25) is 0 Å². The minimum Gasteiger partial charge on any atom is -0.493 e. The maximum Gasteiger partial charge on any atom is 0.203 e. The summed E-state index contributed by atoms with van der Waals surface area (Å²) < 4.78 is 21.9. The molecule has 2 aromatic rings. The van der Waals surface area contributed by atoms with Gasteiger partial charge in [-0.2, -0.15) is 0 Å². The predicted molar refractivity (Wildman–Crippen MR) is 126 cm³/mol. The van der Waals surface area contributed by atoms with E-state index >= 15 is 0 Å². The Morgan fingerprint density at radius 3 is 2.21 bits per heavy atom. The molecule has 0 atom stereocenters. The van der Waals surface area contributed by atoms with Crippen molar-refractivity contribution < 1.29 is 18.9 Å². The molecule has 8 heteroatoms. The molecule has 0 bridgehead atoms. The van der Waals surface area contributed by atoms with Crippen molar-refractivity contribution in [1.82, 2.24) is 10.6 Å². The maximum atomic E-state index is 5.74. The molecule has 0 aliphatic rings. The normalized spacial score (nSPS) is 10.6. The summed E-state index contributed by atoms with van der Waals surface area (Å²) in [7, 11) is 6.52. The maximum absolute atomic E-state index is 5.74. The number of methoxy groups -OCH3 is 3. The molecule has 0 saturated carbocycles. The molecule has 0 aromatic heterocycles. The number of nitrogens with one attached hydrogen (secondary N) is 2. The SMILES string of the molecule is CN=C(NCCOc1cccc(C)c1)NCc1cc(OC)c(OC)c(OC)c1.I. The Kier molecular flexibility index (Phi) is 11.0. The number of halogens is 1. The number of aryl methyl sites for hydroxylation is 1. The molecule has 0 amide bonds. The zero-order valence-electron chi connectivity index (χ0n) is 17.6. The van der Waals surface area contributed by atoms with Crippen molar-refractivity contribution >= 4 is 29.9 Å². The zero-order chi connectivity index (χ0) is 20.4. The highest BCUT2D eigenvalue weighted by molar-refractivity contribution is 14.0. The third-order valence-electron chi connectivity index (χ3n) is 4.06. The highest BCUT2D eigenvalue weighted by Crippen LogP contribution is 2.38. The third kappa shape index (κ3) is 7.52. The molecule has 7 nitrogen and oxygen atoms in total. The first-order valence-corrected chi connectivity index (χ1v) is 9.04. The summed E-state index contributed by atoms with van der Waals surface area (Å²) in [4.78, 5) is 4.23. The second-order valence-corrected chi connectivity index (χ2v) is 6.05. The number of hydrogen-bond donors (Lipinski definition) is 2. The Balaban J connectivity index is 0.00000420. The Labute approximate surface area is 189 Å². The van der Waals surface area contributed by atoms with E-state index in [1.807, 2.05) is 43.3 Å². The molecule has 2 N–H and O–H groups in total. The summed E-state index contributed by atoms with van der Waals surface area (Å²) in [6.45, 7) is 3.76. The van der Waals surface area contributed by atoms with Gasteiger partial charge in [0, 0.05) is 13.6 Å². The topological polar surface area (TPSA) is 73.3 Å². The van der Waals surface area contributed by atoms with Gasteiger partial charge in [-0.3, -0.25) is 4.99 Å². The summed E-state index contributed by atoms with van der Waals surface area (Å²) >= 11 is 0. The van der Waals surface area contributed by atoms with Crippen LogP contribution in [0.4, 0.5) is 0 Å².